The molecule has 20 heavy (non-hydrogen) atoms. The van der Waals surface area contributed by atoms with Crippen molar-refractivity contribution in [3.63, 3.8) is 0 Å². The standard InChI is InChI=1S/C14H22N2O2S2/c1-19-14(8-2-3-9-14)11-16-20(17,18)13-6-4-12(10-15)5-7-13/h4-7,16H,2-3,8-11,15H2,1H3. The molecule has 3 N–H and O–H groups in total. The molecule has 0 atom stereocenters. The fraction of sp³-hybridized carbons (Fsp3) is 0.571. The lowest BCUT2D eigenvalue weighted by Crippen LogP contribution is -2.38. The first kappa shape index (κ1) is 15.8. The molecule has 0 aliphatic heterocycles. The number of benzene rings is 1. The number of nitrogens with one attached hydrogen (secondary N) is 1. The molecule has 0 amide bonds. The van der Waals surface area contributed by atoms with Gasteiger partial charge in [-0.15, -0.1) is 0 Å². The van der Waals surface area contributed by atoms with Crippen LogP contribution >= 0.6 is 11.8 Å². The third-order valence-electron chi connectivity index (χ3n) is 4.00. The molecule has 4 nitrogen and oxygen atoms in total. The zero-order valence-electron chi connectivity index (χ0n) is 11.8. The molecule has 1 saturated carbocycles. The number of hydrogen-bond acceptors (Lipinski definition) is 4. The van der Waals surface area contributed by atoms with Gasteiger partial charge >= 0.3 is 0 Å². The number of hydrogen-bond donors (Lipinski definition) is 2. The minimum Gasteiger partial charge on any atom is -0.326 e. The molecule has 6 heteroatoms. The highest BCUT2D eigenvalue weighted by molar-refractivity contribution is 8.00. The Hall–Kier alpha value is -0.560. The molecule has 1 aliphatic rings. The fourth-order valence-electron chi connectivity index (χ4n) is 2.59. The van der Waals surface area contributed by atoms with Gasteiger partial charge in [-0.1, -0.05) is 25.0 Å². The largest absolute Gasteiger partial charge is 0.326 e. The SMILES string of the molecule is CSC1(CNS(=O)(=O)c2ccc(CN)cc2)CCCC1. The van der Waals surface area contributed by atoms with E-state index in [-0.39, 0.29) is 4.75 Å². The van der Waals surface area contributed by atoms with Crippen LogP contribution in [0.2, 0.25) is 0 Å². The average Bonchev–Trinajstić information content (AvgIpc) is 2.95. The van der Waals surface area contributed by atoms with Gasteiger partial charge in [0.15, 0.2) is 0 Å². The van der Waals surface area contributed by atoms with Gasteiger partial charge in [-0.05, 0) is 36.8 Å². The van der Waals surface area contributed by atoms with E-state index in [0.29, 0.717) is 18.0 Å². The second-order valence-corrected chi connectivity index (χ2v) is 8.31. The minimum absolute atomic E-state index is 0.0737. The molecule has 0 radical (unpaired) electrons. The van der Waals surface area contributed by atoms with E-state index in [1.54, 1.807) is 36.0 Å². The average molecular weight is 314 g/mol. The maximum Gasteiger partial charge on any atom is 0.240 e. The highest BCUT2D eigenvalue weighted by atomic mass is 32.2. The van der Waals surface area contributed by atoms with E-state index >= 15 is 0 Å². The molecule has 112 valence electrons. The summed E-state index contributed by atoms with van der Waals surface area (Å²) in [7, 11) is -3.43. The minimum atomic E-state index is -3.43. The van der Waals surface area contributed by atoms with Crippen LogP contribution in [0.5, 0.6) is 0 Å². The Labute approximate surface area is 125 Å². The Morgan fingerprint density at radius 2 is 1.85 bits per heavy atom. The summed E-state index contributed by atoms with van der Waals surface area (Å²) in [5.41, 5.74) is 6.45. The first-order chi connectivity index (χ1) is 9.51. The number of thioether (sulfide) groups is 1. The van der Waals surface area contributed by atoms with Crippen molar-refractivity contribution in [3.05, 3.63) is 29.8 Å². The smallest absolute Gasteiger partial charge is 0.240 e. The molecule has 0 spiro atoms. The number of sulfonamides is 1. The van der Waals surface area contributed by atoms with E-state index in [2.05, 4.69) is 11.0 Å². The molecule has 0 heterocycles. The van der Waals surface area contributed by atoms with Gasteiger partial charge in [-0.2, -0.15) is 11.8 Å². The van der Waals surface area contributed by atoms with Gasteiger partial charge in [-0.25, -0.2) is 13.1 Å². The number of rotatable bonds is 6. The van der Waals surface area contributed by atoms with Crippen LogP contribution in [0.4, 0.5) is 0 Å². The van der Waals surface area contributed by atoms with Crippen molar-refractivity contribution >= 4 is 21.8 Å². The van der Waals surface area contributed by atoms with Crippen molar-refractivity contribution in [1.82, 2.24) is 4.72 Å². The lowest BCUT2D eigenvalue weighted by molar-refractivity contribution is 0.551. The molecule has 2 rings (SSSR count). The quantitative estimate of drug-likeness (QED) is 0.843. The van der Waals surface area contributed by atoms with Crippen LogP contribution < -0.4 is 10.5 Å². The van der Waals surface area contributed by atoms with Crippen LogP contribution in [0.3, 0.4) is 0 Å². The van der Waals surface area contributed by atoms with Crippen LogP contribution in [-0.2, 0) is 16.6 Å². The summed E-state index contributed by atoms with van der Waals surface area (Å²) in [5.74, 6) is 0. The van der Waals surface area contributed by atoms with E-state index in [9.17, 15) is 8.42 Å². The summed E-state index contributed by atoms with van der Waals surface area (Å²) in [6.07, 6.45) is 6.61. The third kappa shape index (κ3) is 3.55. The van der Waals surface area contributed by atoms with Gasteiger partial charge in [-0.3, -0.25) is 0 Å². The van der Waals surface area contributed by atoms with Crippen LogP contribution in [0.25, 0.3) is 0 Å². The Morgan fingerprint density at radius 3 is 2.35 bits per heavy atom. The molecule has 1 aromatic carbocycles. The first-order valence-corrected chi connectivity index (χ1v) is 9.56. The molecule has 1 aliphatic carbocycles. The van der Waals surface area contributed by atoms with Crippen LogP contribution in [-0.4, -0.2) is 26.0 Å². The third-order valence-corrected chi connectivity index (χ3v) is 6.84. The lowest BCUT2D eigenvalue weighted by Gasteiger charge is -2.26. The zero-order chi connectivity index (χ0) is 14.6. The topological polar surface area (TPSA) is 72.2 Å². The molecule has 0 aromatic heterocycles. The van der Waals surface area contributed by atoms with Gasteiger partial charge in [0.1, 0.15) is 0 Å². The summed E-state index contributed by atoms with van der Waals surface area (Å²) in [4.78, 5) is 0.309. The molecular formula is C14H22N2O2S2. The normalized spacial score (nSPS) is 18.3. The fourth-order valence-corrected chi connectivity index (χ4v) is 4.72. The van der Waals surface area contributed by atoms with Crippen molar-refractivity contribution in [2.24, 2.45) is 5.73 Å². The Kier molecular flexibility index (Phi) is 5.12. The van der Waals surface area contributed by atoms with Crippen molar-refractivity contribution in [3.8, 4) is 0 Å². The zero-order valence-corrected chi connectivity index (χ0v) is 13.4. The van der Waals surface area contributed by atoms with Gasteiger partial charge in [0.25, 0.3) is 0 Å². The van der Waals surface area contributed by atoms with E-state index in [1.807, 2.05) is 0 Å². The van der Waals surface area contributed by atoms with Crippen molar-refractivity contribution in [1.29, 1.82) is 0 Å². The van der Waals surface area contributed by atoms with Crippen LogP contribution in [0.1, 0.15) is 31.2 Å². The predicted molar refractivity (Wildman–Crippen MR) is 84.2 cm³/mol. The summed E-state index contributed by atoms with van der Waals surface area (Å²) < 4.78 is 27.4. The molecule has 0 bridgehead atoms. The van der Waals surface area contributed by atoms with Gasteiger partial charge < -0.3 is 5.73 Å². The Bertz CT molecular complexity index is 535. The van der Waals surface area contributed by atoms with E-state index in [0.717, 1.165) is 18.4 Å². The predicted octanol–water partition coefficient (Wildman–Crippen LogP) is 2.10. The van der Waals surface area contributed by atoms with E-state index in [4.69, 9.17) is 5.73 Å². The summed E-state index contributed by atoms with van der Waals surface area (Å²) in [6.45, 7) is 0.929. The molecule has 0 unspecified atom stereocenters. The van der Waals surface area contributed by atoms with Crippen LogP contribution in [0.15, 0.2) is 29.2 Å². The molecule has 1 aromatic rings. The van der Waals surface area contributed by atoms with E-state index in [1.165, 1.54) is 12.8 Å². The summed E-state index contributed by atoms with van der Waals surface area (Å²) in [5, 5.41) is 0. The molecule has 0 saturated heterocycles. The Morgan fingerprint density at radius 1 is 1.25 bits per heavy atom. The molecular weight excluding hydrogens is 292 g/mol. The number of nitrogens with two attached hydrogens (primary N) is 1. The maximum atomic E-state index is 12.3. The first-order valence-electron chi connectivity index (χ1n) is 6.85. The van der Waals surface area contributed by atoms with Gasteiger partial charge in [0, 0.05) is 17.8 Å². The van der Waals surface area contributed by atoms with Gasteiger partial charge in [0.05, 0.1) is 4.90 Å². The van der Waals surface area contributed by atoms with E-state index < -0.39 is 10.0 Å². The van der Waals surface area contributed by atoms with Crippen molar-refractivity contribution in [2.45, 2.75) is 41.9 Å². The van der Waals surface area contributed by atoms with Crippen molar-refractivity contribution in [2.75, 3.05) is 12.8 Å². The summed E-state index contributed by atoms with van der Waals surface area (Å²) in [6, 6.07) is 6.75. The Balaban J connectivity index is 2.06. The lowest BCUT2D eigenvalue weighted by atomic mass is 10.1. The monoisotopic (exact) mass is 314 g/mol. The maximum absolute atomic E-state index is 12.3. The highest BCUT2D eigenvalue weighted by Crippen LogP contribution is 2.39. The summed E-state index contributed by atoms with van der Waals surface area (Å²) >= 11 is 1.78. The van der Waals surface area contributed by atoms with Crippen LogP contribution in [0, 0.1) is 0 Å². The second kappa shape index (κ2) is 6.47. The van der Waals surface area contributed by atoms with Crippen molar-refractivity contribution < 1.29 is 8.42 Å². The van der Waals surface area contributed by atoms with Gasteiger partial charge in [0.2, 0.25) is 10.0 Å². The highest BCUT2D eigenvalue weighted by Gasteiger charge is 2.34. The molecule has 1 fully saturated rings. The second-order valence-electron chi connectivity index (χ2n) is 5.27.